The van der Waals surface area contributed by atoms with Crippen LogP contribution in [0.25, 0.3) is 0 Å². The molecule has 4 nitrogen and oxygen atoms in total. The predicted molar refractivity (Wildman–Crippen MR) is 82.8 cm³/mol. The second-order valence-corrected chi connectivity index (χ2v) is 6.07. The van der Waals surface area contributed by atoms with E-state index in [1.165, 1.54) is 31.5 Å². The highest BCUT2D eigenvalue weighted by Crippen LogP contribution is 2.19. The topological polar surface area (TPSA) is 31.7 Å². The Hall–Kier alpha value is -0.840. The van der Waals surface area contributed by atoms with E-state index >= 15 is 0 Å². The molecule has 0 radical (unpaired) electrons. The van der Waals surface area contributed by atoms with Crippen LogP contribution >= 0.6 is 0 Å². The molecule has 2 rings (SSSR count). The molecule has 1 fully saturated rings. The smallest absolute Gasteiger partial charge is 0.120 e. The van der Waals surface area contributed by atoms with Crippen LogP contribution in [0.3, 0.4) is 0 Å². The highest BCUT2D eigenvalue weighted by atomic mass is 16.3. The number of aryl methyl sites for hydroxylation is 1. The van der Waals surface area contributed by atoms with Crippen LogP contribution < -0.4 is 5.32 Å². The minimum absolute atomic E-state index is 0.649. The van der Waals surface area contributed by atoms with Gasteiger partial charge in [0.1, 0.15) is 11.5 Å². The molecule has 1 atom stereocenters. The molecule has 0 saturated carbocycles. The maximum absolute atomic E-state index is 5.99. The van der Waals surface area contributed by atoms with E-state index in [1.807, 2.05) is 0 Å². The van der Waals surface area contributed by atoms with Crippen LogP contribution in [0.15, 0.2) is 10.5 Å². The van der Waals surface area contributed by atoms with Crippen molar-refractivity contribution in [2.75, 3.05) is 33.7 Å². The molecule has 0 spiro atoms. The minimum Gasteiger partial charge on any atom is -0.463 e. The van der Waals surface area contributed by atoms with Crippen molar-refractivity contribution >= 4 is 0 Å². The Labute approximate surface area is 123 Å². The van der Waals surface area contributed by atoms with Crippen molar-refractivity contribution in [3.8, 4) is 0 Å². The average Bonchev–Trinajstić information content (AvgIpc) is 2.76. The van der Waals surface area contributed by atoms with Crippen LogP contribution in [0, 0.1) is 6.92 Å². The average molecular weight is 279 g/mol. The number of likely N-dealkylation sites (N-methyl/N-ethyl adjacent to an activating group) is 2. The van der Waals surface area contributed by atoms with Crippen molar-refractivity contribution in [1.82, 2.24) is 15.1 Å². The number of rotatable bonds is 6. The maximum Gasteiger partial charge on any atom is 0.120 e. The number of likely N-dealkylation sites (tertiary alicyclic amines) is 1. The molecule has 1 unspecified atom stereocenters. The largest absolute Gasteiger partial charge is 0.463 e. The van der Waals surface area contributed by atoms with E-state index < -0.39 is 0 Å². The Balaban J connectivity index is 1.91. The van der Waals surface area contributed by atoms with E-state index in [9.17, 15) is 0 Å². The summed E-state index contributed by atoms with van der Waals surface area (Å²) in [6.07, 6.45) is 2.60. The van der Waals surface area contributed by atoms with Gasteiger partial charge in [-0.3, -0.25) is 4.90 Å². The lowest BCUT2D eigenvalue weighted by Gasteiger charge is -2.35. The quantitative estimate of drug-likeness (QED) is 0.865. The van der Waals surface area contributed by atoms with Gasteiger partial charge >= 0.3 is 0 Å². The Bertz CT molecular complexity index is 416. The van der Waals surface area contributed by atoms with Gasteiger partial charge in [0.05, 0.1) is 13.1 Å². The summed E-state index contributed by atoms with van der Waals surface area (Å²) in [5, 5.41) is 3.33. The number of nitrogens with zero attached hydrogens (tertiary/aromatic N) is 2. The van der Waals surface area contributed by atoms with E-state index in [2.05, 4.69) is 49.1 Å². The zero-order valence-electron chi connectivity index (χ0n) is 13.4. The van der Waals surface area contributed by atoms with Crippen molar-refractivity contribution in [3.05, 3.63) is 23.2 Å². The molecule has 1 aromatic rings. The van der Waals surface area contributed by atoms with Gasteiger partial charge in [-0.25, -0.2) is 0 Å². The Morgan fingerprint density at radius 1 is 1.50 bits per heavy atom. The normalized spacial score (nSPS) is 20.8. The number of piperidine rings is 1. The first-order valence-corrected chi connectivity index (χ1v) is 7.77. The first-order valence-electron chi connectivity index (χ1n) is 7.77. The van der Waals surface area contributed by atoms with Crippen molar-refractivity contribution < 1.29 is 4.42 Å². The highest BCUT2D eigenvalue weighted by molar-refractivity contribution is 5.20. The van der Waals surface area contributed by atoms with Gasteiger partial charge in [0.15, 0.2) is 0 Å². The molecule has 1 aliphatic heterocycles. The fourth-order valence-electron chi connectivity index (χ4n) is 2.96. The zero-order chi connectivity index (χ0) is 14.5. The third kappa shape index (κ3) is 4.08. The molecule has 114 valence electrons. The third-order valence-corrected chi connectivity index (χ3v) is 4.24. The van der Waals surface area contributed by atoms with E-state index in [0.29, 0.717) is 6.04 Å². The van der Waals surface area contributed by atoms with Crippen LogP contribution in [-0.4, -0.2) is 49.6 Å². The zero-order valence-corrected chi connectivity index (χ0v) is 13.4. The first-order chi connectivity index (χ1) is 9.60. The van der Waals surface area contributed by atoms with E-state index in [-0.39, 0.29) is 0 Å². The lowest BCUT2D eigenvalue weighted by molar-refractivity contribution is 0.123. The van der Waals surface area contributed by atoms with Gasteiger partial charge in [-0.1, -0.05) is 6.92 Å². The lowest BCUT2D eigenvalue weighted by atomic mass is 10.1. The fraction of sp³-hybridized carbons (Fsp3) is 0.750. The summed E-state index contributed by atoms with van der Waals surface area (Å²) in [7, 11) is 4.43. The SMILES string of the molecule is CCNCc1oc(CN(C)C2CCCN(C)C2)cc1C. The summed E-state index contributed by atoms with van der Waals surface area (Å²) >= 11 is 0. The fourth-order valence-corrected chi connectivity index (χ4v) is 2.96. The molecule has 0 aromatic carbocycles. The van der Waals surface area contributed by atoms with Gasteiger partial charge in [0.2, 0.25) is 0 Å². The van der Waals surface area contributed by atoms with Crippen molar-refractivity contribution in [3.63, 3.8) is 0 Å². The molecule has 4 heteroatoms. The van der Waals surface area contributed by atoms with Crippen molar-refractivity contribution in [2.45, 2.75) is 45.8 Å². The van der Waals surface area contributed by atoms with Crippen molar-refractivity contribution in [1.29, 1.82) is 0 Å². The standard InChI is InChI=1S/C16H29N3O/c1-5-17-10-16-13(2)9-15(20-16)12-19(4)14-7-6-8-18(3)11-14/h9,14,17H,5-8,10-12H2,1-4H3. The molecule has 0 bridgehead atoms. The van der Waals surface area contributed by atoms with Crippen LogP contribution in [0.4, 0.5) is 0 Å². The number of hydrogen-bond donors (Lipinski definition) is 1. The Morgan fingerprint density at radius 2 is 2.30 bits per heavy atom. The minimum atomic E-state index is 0.649. The maximum atomic E-state index is 5.99. The van der Waals surface area contributed by atoms with Crippen LogP contribution in [0.1, 0.15) is 36.8 Å². The van der Waals surface area contributed by atoms with Gasteiger partial charge < -0.3 is 14.6 Å². The summed E-state index contributed by atoms with van der Waals surface area (Å²) in [5.74, 6) is 2.17. The second-order valence-electron chi connectivity index (χ2n) is 6.07. The van der Waals surface area contributed by atoms with Gasteiger partial charge in [-0.05, 0) is 58.6 Å². The van der Waals surface area contributed by atoms with Crippen molar-refractivity contribution in [2.24, 2.45) is 0 Å². The van der Waals surface area contributed by atoms with Gasteiger partial charge in [0, 0.05) is 12.6 Å². The second kappa shape index (κ2) is 7.25. The Morgan fingerprint density at radius 3 is 3.00 bits per heavy atom. The van der Waals surface area contributed by atoms with Crippen LogP contribution in [-0.2, 0) is 13.1 Å². The summed E-state index contributed by atoms with van der Waals surface area (Å²) in [6.45, 7) is 9.37. The summed E-state index contributed by atoms with van der Waals surface area (Å²) in [5.41, 5.74) is 1.26. The number of furan rings is 1. The number of hydrogen-bond acceptors (Lipinski definition) is 4. The molecule has 2 heterocycles. The van der Waals surface area contributed by atoms with E-state index in [1.54, 1.807) is 0 Å². The first kappa shape index (κ1) is 15.5. The van der Waals surface area contributed by atoms with E-state index in [4.69, 9.17) is 4.42 Å². The molecule has 1 aromatic heterocycles. The summed E-state index contributed by atoms with van der Waals surface area (Å²) in [4.78, 5) is 4.86. The molecule has 0 aliphatic carbocycles. The molecular weight excluding hydrogens is 250 g/mol. The summed E-state index contributed by atoms with van der Waals surface area (Å²) in [6, 6.07) is 2.84. The van der Waals surface area contributed by atoms with Gasteiger partial charge in [-0.2, -0.15) is 0 Å². The monoisotopic (exact) mass is 279 g/mol. The number of nitrogens with one attached hydrogen (secondary N) is 1. The molecular formula is C16H29N3O. The van der Waals surface area contributed by atoms with Gasteiger partial charge in [-0.15, -0.1) is 0 Å². The molecule has 1 N–H and O–H groups in total. The van der Waals surface area contributed by atoms with Gasteiger partial charge in [0.25, 0.3) is 0 Å². The van der Waals surface area contributed by atoms with Crippen LogP contribution in [0.5, 0.6) is 0 Å². The van der Waals surface area contributed by atoms with Crippen LogP contribution in [0.2, 0.25) is 0 Å². The summed E-state index contributed by atoms with van der Waals surface area (Å²) < 4.78 is 5.99. The third-order valence-electron chi connectivity index (χ3n) is 4.24. The highest BCUT2D eigenvalue weighted by Gasteiger charge is 2.22. The Kier molecular flexibility index (Phi) is 5.64. The van der Waals surface area contributed by atoms with E-state index in [0.717, 1.165) is 31.2 Å². The molecule has 0 amide bonds. The lowest BCUT2D eigenvalue weighted by Crippen LogP contribution is -2.44. The predicted octanol–water partition coefficient (Wildman–Crippen LogP) is 2.22. The molecule has 1 saturated heterocycles. The molecule has 20 heavy (non-hydrogen) atoms. The molecule has 1 aliphatic rings.